The van der Waals surface area contributed by atoms with E-state index in [9.17, 15) is 4.79 Å². The average Bonchev–Trinajstić information content (AvgIpc) is 3.37. The summed E-state index contributed by atoms with van der Waals surface area (Å²) < 4.78 is 39.6. The molecule has 10 heteroatoms. The fourth-order valence-corrected chi connectivity index (χ4v) is 4.46. The van der Waals surface area contributed by atoms with Crippen molar-refractivity contribution in [3.63, 3.8) is 0 Å². The number of fused-ring (bicyclic) bond motifs is 1. The Kier molecular flexibility index (Phi) is 9.61. The predicted molar refractivity (Wildman–Crippen MR) is 124 cm³/mol. The van der Waals surface area contributed by atoms with Crippen molar-refractivity contribution >= 4 is 5.91 Å². The first kappa shape index (κ1) is 25.7. The third kappa shape index (κ3) is 6.65. The van der Waals surface area contributed by atoms with Crippen molar-refractivity contribution in [3.05, 3.63) is 35.6 Å². The molecule has 35 heavy (non-hydrogen) atoms. The normalized spacial score (nSPS) is 23.7. The number of aliphatic hydroxyl groups is 1. The van der Waals surface area contributed by atoms with Crippen LogP contribution in [-0.4, -0.2) is 94.9 Å². The molecule has 1 fully saturated rings. The largest absolute Gasteiger partial charge is 0.459 e. The van der Waals surface area contributed by atoms with E-state index in [1.807, 2.05) is 31.2 Å². The van der Waals surface area contributed by atoms with Crippen LogP contribution in [0.15, 0.2) is 30.0 Å². The molecule has 1 saturated heterocycles. The van der Waals surface area contributed by atoms with Gasteiger partial charge in [0, 0.05) is 38.1 Å². The number of nitrogens with zero attached hydrogens (tertiary/aromatic N) is 1. The summed E-state index contributed by atoms with van der Waals surface area (Å²) in [6.07, 6.45) is 1.95. The Balaban J connectivity index is 1.54. The molecule has 0 aliphatic carbocycles. The lowest BCUT2D eigenvalue weighted by molar-refractivity contribution is -0.173. The molecule has 0 unspecified atom stereocenters. The minimum Gasteiger partial charge on any atom is -0.459 e. The van der Waals surface area contributed by atoms with E-state index in [0.717, 1.165) is 5.56 Å². The third-order valence-corrected chi connectivity index (χ3v) is 6.21. The van der Waals surface area contributed by atoms with Crippen LogP contribution in [-0.2, 0) is 28.5 Å². The monoisotopic (exact) mass is 493 g/mol. The number of aliphatic hydroxyl groups excluding tert-OH is 1. The molecule has 3 aliphatic rings. The van der Waals surface area contributed by atoms with Crippen molar-refractivity contribution in [2.45, 2.75) is 25.6 Å². The van der Waals surface area contributed by atoms with Gasteiger partial charge in [-0.2, -0.15) is 0 Å². The lowest BCUT2D eigenvalue weighted by Gasteiger charge is -2.38. The highest BCUT2D eigenvalue weighted by Crippen LogP contribution is 2.42. The second-order valence-corrected chi connectivity index (χ2v) is 8.42. The molecule has 0 radical (unpaired) electrons. The van der Waals surface area contributed by atoms with Gasteiger partial charge < -0.3 is 43.2 Å². The molecule has 3 atom stereocenters. The molecule has 0 aromatic heterocycles. The van der Waals surface area contributed by atoms with Gasteiger partial charge in [-0.15, -0.1) is 0 Å². The molecule has 1 N–H and O–H groups in total. The first-order valence-corrected chi connectivity index (χ1v) is 12.2. The minimum absolute atomic E-state index is 0.00942. The topological polar surface area (TPSA) is 105 Å². The smallest absolute Gasteiger partial charge is 0.288 e. The first-order chi connectivity index (χ1) is 17.2. The van der Waals surface area contributed by atoms with Crippen LogP contribution in [0.3, 0.4) is 0 Å². The Labute approximate surface area is 205 Å². The maximum Gasteiger partial charge on any atom is 0.288 e. The number of hydrogen-bond acceptors (Lipinski definition) is 9. The number of ether oxygens (including phenoxy) is 7. The molecular formula is C25H35NO9. The van der Waals surface area contributed by atoms with Gasteiger partial charge in [0.25, 0.3) is 5.91 Å². The Morgan fingerprint density at radius 3 is 2.63 bits per heavy atom. The zero-order valence-corrected chi connectivity index (χ0v) is 20.2. The van der Waals surface area contributed by atoms with Crippen molar-refractivity contribution in [1.29, 1.82) is 0 Å². The lowest BCUT2D eigenvalue weighted by Crippen LogP contribution is -2.44. The molecule has 0 bridgehead atoms. The Bertz CT molecular complexity index is 855. The Morgan fingerprint density at radius 1 is 1.09 bits per heavy atom. The SMILES string of the molecule is CCO[C@@H]1OC(C(=O)N2CCOCC2)=C[C@H](c2ccc3c(c2)OCO3)[C@H]1CCOCCOCCO. The number of allylic oxidation sites excluding steroid dienone is 1. The molecule has 1 aromatic rings. The molecule has 3 heterocycles. The highest BCUT2D eigenvalue weighted by Gasteiger charge is 2.39. The third-order valence-electron chi connectivity index (χ3n) is 6.21. The second-order valence-electron chi connectivity index (χ2n) is 8.42. The predicted octanol–water partition coefficient (Wildman–Crippen LogP) is 1.67. The summed E-state index contributed by atoms with van der Waals surface area (Å²) in [7, 11) is 0. The van der Waals surface area contributed by atoms with E-state index in [0.29, 0.717) is 83.0 Å². The van der Waals surface area contributed by atoms with Crippen LogP contribution in [0.4, 0.5) is 0 Å². The summed E-state index contributed by atoms with van der Waals surface area (Å²) in [6.45, 7) is 6.25. The van der Waals surface area contributed by atoms with Gasteiger partial charge in [-0.1, -0.05) is 6.07 Å². The van der Waals surface area contributed by atoms with Crippen LogP contribution in [0.1, 0.15) is 24.8 Å². The van der Waals surface area contributed by atoms with Crippen LogP contribution in [0, 0.1) is 5.92 Å². The Morgan fingerprint density at radius 2 is 1.86 bits per heavy atom. The van der Waals surface area contributed by atoms with Crippen LogP contribution in [0.25, 0.3) is 0 Å². The second kappa shape index (κ2) is 13.1. The standard InChI is InChI=1S/C25H35NO9/c1-2-32-25-19(5-9-29-13-14-31-12-8-27)20(18-3-4-21-22(15-18)34-17-33-21)16-23(35-25)24(28)26-6-10-30-11-7-26/h3-4,15-16,19-20,25,27H,2,5-14,17H2,1H3/t19-,20-,25-/m1/s1. The summed E-state index contributed by atoms with van der Waals surface area (Å²) in [5, 5.41) is 8.81. The summed E-state index contributed by atoms with van der Waals surface area (Å²) in [6, 6.07) is 5.86. The van der Waals surface area contributed by atoms with Crippen LogP contribution in [0.2, 0.25) is 0 Å². The lowest BCUT2D eigenvalue weighted by atomic mass is 9.81. The van der Waals surface area contributed by atoms with Gasteiger partial charge in [0.05, 0.1) is 39.6 Å². The number of morpholine rings is 1. The highest BCUT2D eigenvalue weighted by atomic mass is 16.7. The van der Waals surface area contributed by atoms with Crippen molar-refractivity contribution in [2.24, 2.45) is 5.92 Å². The molecule has 0 saturated carbocycles. The van der Waals surface area contributed by atoms with Crippen LogP contribution >= 0.6 is 0 Å². The first-order valence-electron chi connectivity index (χ1n) is 12.2. The quantitative estimate of drug-likeness (QED) is 0.435. The summed E-state index contributed by atoms with van der Waals surface area (Å²) in [5.74, 6) is 1.30. The number of hydrogen-bond donors (Lipinski definition) is 1. The van der Waals surface area contributed by atoms with Gasteiger partial charge in [0.1, 0.15) is 0 Å². The molecule has 3 aliphatic heterocycles. The van der Waals surface area contributed by atoms with E-state index in [-0.39, 0.29) is 31.1 Å². The van der Waals surface area contributed by atoms with Gasteiger partial charge in [0.15, 0.2) is 17.3 Å². The van der Waals surface area contributed by atoms with Gasteiger partial charge >= 0.3 is 0 Å². The minimum atomic E-state index is -0.602. The van der Waals surface area contributed by atoms with Crippen molar-refractivity contribution in [2.75, 3.05) is 72.7 Å². The molecule has 4 rings (SSSR count). The van der Waals surface area contributed by atoms with E-state index < -0.39 is 6.29 Å². The van der Waals surface area contributed by atoms with Crippen molar-refractivity contribution in [1.82, 2.24) is 4.90 Å². The number of rotatable bonds is 12. The summed E-state index contributed by atoms with van der Waals surface area (Å²) >= 11 is 0. The molecule has 10 nitrogen and oxygen atoms in total. The maximum atomic E-state index is 13.3. The summed E-state index contributed by atoms with van der Waals surface area (Å²) in [4.78, 5) is 15.0. The van der Waals surface area contributed by atoms with E-state index in [2.05, 4.69) is 0 Å². The van der Waals surface area contributed by atoms with E-state index in [4.69, 9.17) is 38.3 Å². The van der Waals surface area contributed by atoms with Gasteiger partial charge in [-0.25, -0.2) is 0 Å². The van der Waals surface area contributed by atoms with Gasteiger partial charge in [-0.3, -0.25) is 4.79 Å². The van der Waals surface area contributed by atoms with Gasteiger partial charge in [-0.05, 0) is 37.1 Å². The van der Waals surface area contributed by atoms with E-state index in [1.54, 1.807) is 4.90 Å². The number of carbonyl (C=O) groups is 1. The van der Waals surface area contributed by atoms with Crippen molar-refractivity contribution < 1.29 is 43.1 Å². The zero-order chi connectivity index (χ0) is 24.5. The fraction of sp³-hybridized carbons (Fsp3) is 0.640. The van der Waals surface area contributed by atoms with Crippen LogP contribution < -0.4 is 9.47 Å². The van der Waals surface area contributed by atoms with E-state index >= 15 is 0 Å². The number of benzene rings is 1. The molecule has 1 amide bonds. The van der Waals surface area contributed by atoms with Gasteiger partial charge in [0.2, 0.25) is 13.1 Å². The highest BCUT2D eigenvalue weighted by molar-refractivity contribution is 5.92. The van der Waals surface area contributed by atoms with E-state index in [1.165, 1.54) is 0 Å². The maximum absolute atomic E-state index is 13.3. The average molecular weight is 494 g/mol. The molecule has 0 spiro atoms. The van der Waals surface area contributed by atoms with Crippen LogP contribution in [0.5, 0.6) is 11.5 Å². The molecular weight excluding hydrogens is 458 g/mol. The van der Waals surface area contributed by atoms with Crippen molar-refractivity contribution in [3.8, 4) is 11.5 Å². The summed E-state index contributed by atoms with van der Waals surface area (Å²) in [5.41, 5.74) is 0.991. The molecule has 194 valence electrons. The number of amides is 1. The fourth-order valence-electron chi connectivity index (χ4n) is 4.46. The zero-order valence-electron chi connectivity index (χ0n) is 20.2. The number of carbonyl (C=O) groups excluding carboxylic acids is 1. The Hall–Kier alpha value is -2.37. The molecule has 1 aromatic carbocycles.